The third-order valence-corrected chi connectivity index (χ3v) is 2.11. The van der Waals surface area contributed by atoms with Crippen LogP contribution in [0.15, 0.2) is 24.3 Å². The van der Waals surface area contributed by atoms with Gasteiger partial charge in [0.25, 0.3) is 0 Å². The fourth-order valence-electron chi connectivity index (χ4n) is 0.791. The van der Waals surface area contributed by atoms with Gasteiger partial charge in [0.1, 0.15) is 5.82 Å². The molecule has 0 unspecified atom stereocenters. The van der Waals surface area contributed by atoms with Crippen LogP contribution in [-0.2, 0) is 25.4 Å². The SMILES string of the molecule is N#COS(=O)(=O)OCc1ccc(F)cc1. The molecule has 5 nitrogen and oxygen atoms in total. The van der Waals surface area contributed by atoms with Gasteiger partial charge in [0.15, 0.2) is 0 Å². The van der Waals surface area contributed by atoms with Crippen LogP contribution >= 0.6 is 0 Å². The number of rotatable bonds is 4. The van der Waals surface area contributed by atoms with Crippen LogP contribution in [0.2, 0.25) is 0 Å². The zero-order chi connectivity index (χ0) is 11.3. The van der Waals surface area contributed by atoms with Gasteiger partial charge in [-0.2, -0.15) is 8.42 Å². The van der Waals surface area contributed by atoms with Crippen molar-refractivity contribution in [1.82, 2.24) is 0 Å². The number of halogens is 1. The summed E-state index contributed by atoms with van der Waals surface area (Å²) in [4.78, 5) is 0. The van der Waals surface area contributed by atoms with Crippen molar-refractivity contribution in [3.63, 3.8) is 0 Å². The quantitative estimate of drug-likeness (QED) is 0.725. The van der Waals surface area contributed by atoms with Crippen LogP contribution in [-0.4, -0.2) is 8.42 Å². The maximum atomic E-state index is 12.5. The van der Waals surface area contributed by atoms with Crippen molar-refractivity contribution >= 4 is 10.4 Å². The molecule has 0 bridgehead atoms. The molecule has 0 heterocycles. The molecule has 0 aliphatic carbocycles. The molecule has 0 aliphatic rings. The van der Waals surface area contributed by atoms with Crippen molar-refractivity contribution in [2.24, 2.45) is 0 Å². The van der Waals surface area contributed by atoms with Crippen LogP contribution in [0.1, 0.15) is 5.56 Å². The summed E-state index contributed by atoms with van der Waals surface area (Å²) in [5.41, 5.74) is 0.446. The molecule has 0 atom stereocenters. The highest BCUT2D eigenvalue weighted by Crippen LogP contribution is 2.06. The maximum absolute atomic E-state index is 12.5. The monoisotopic (exact) mass is 231 g/mol. The highest BCUT2D eigenvalue weighted by atomic mass is 32.3. The first-order chi connectivity index (χ1) is 7.03. The zero-order valence-corrected chi connectivity index (χ0v) is 8.20. The second kappa shape index (κ2) is 4.72. The minimum atomic E-state index is -4.29. The summed E-state index contributed by atoms with van der Waals surface area (Å²) < 4.78 is 41.9. The first-order valence-electron chi connectivity index (χ1n) is 3.75. The summed E-state index contributed by atoms with van der Waals surface area (Å²) in [5, 5.41) is 7.95. The lowest BCUT2D eigenvalue weighted by atomic mass is 10.2. The van der Waals surface area contributed by atoms with Crippen molar-refractivity contribution < 1.29 is 21.2 Å². The van der Waals surface area contributed by atoms with Gasteiger partial charge in [-0.05, 0) is 17.7 Å². The van der Waals surface area contributed by atoms with Crippen LogP contribution in [0.3, 0.4) is 0 Å². The minimum Gasteiger partial charge on any atom is -0.281 e. The third kappa shape index (κ3) is 3.93. The van der Waals surface area contributed by atoms with Gasteiger partial charge in [-0.15, -0.1) is 5.26 Å². The van der Waals surface area contributed by atoms with Gasteiger partial charge >= 0.3 is 16.7 Å². The molecule has 0 amide bonds. The second-order valence-corrected chi connectivity index (χ2v) is 3.69. The average molecular weight is 231 g/mol. The number of hydrogen-bond donors (Lipinski definition) is 0. The molecule has 15 heavy (non-hydrogen) atoms. The van der Waals surface area contributed by atoms with E-state index >= 15 is 0 Å². The first kappa shape index (κ1) is 11.4. The lowest BCUT2D eigenvalue weighted by Crippen LogP contribution is -2.06. The predicted molar refractivity (Wildman–Crippen MR) is 46.8 cm³/mol. The topological polar surface area (TPSA) is 76.4 Å². The van der Waals surface area contributed by atoms with E-state index in [4.69, 9.17) is 5.26 Å². The number of nitrogens with zero attached hydrogens (tertiary/aromatic N) is 1. The van der Waals surface area contributed by atoms with Crippen molar-refractivity contribution in [3.05, 3.63) is 35.6 Å². The maximum Gasteiger partial charge on any atom is 0.459 e. The van der Waals surface area contributed by atoms with Gasteiger partial charge in [-0.1, -0.05) is 12.1 Å². The molecule has 7 heteroatoms. The molecule has 0 aromatic heterocycles. The Morgan fingerprint density at radius 1 is 1.33 bits per heavy atom. The third-order valence-electron chi connectivity index (χ3n) is 1.42. The van der Waals surface area contributed by atoms with E-state index in [1.165, 1.54) is 12.1 Å². The second-order valence-electron chi connectivity index (χ2n) is 2.47. The molecule has 0 spiro atoms. The van der Waals surface area contributed by atoms with Crippen LogP contribution in [0.5, 0.6) is 0 Å². The lowest BCUT2D eigenvalue weighted by Gasteiger charge is -2.01. The van der Waals surface area contributed by atoms with Crippen molar-refractivity contribution in [2.75, 3.05) is 0 Å². The number of benzene rings is 1. The molecule has 0 fully saturated rings. The molecule has 0 radical (unpaired) electrons. The Kier molecular flexibility index (Phi) is 3.60. The Bertz CT molecular complexity index is 462. The number of nitriles is 1. The molecule has 80 valence electrons. The fraction of sp³-hybridized carbons (Fsp3) is 0.125. The van der Waals surface area contributed by atoms with Crippen LogP contribution < -0.4 is 0 Å². The van der Waals surface area contributed by atoms with E-state index in [1.54, 1.807) is 0 Å². The zero-order valence-electron chi connectivity index (χ0n) is 7.38. The van der Waals surface area contributed by atoms with Crippen molar-refractivity contribution in [3.8, 4) is 6.26 Å². The van der Waals surface area contributed by atoms with Gasteiger partial charge in [0.2, 0.25) is 0 Å². The van der Waals surface area contributed by atoms with E-state index < -0.39 is 16.2 Å². The Morgan fingerprint density at radius 2 is 1.93 bits per heavy atom. The molecular weight excluding hydrogens is 225 g/mol. The van der Waals surface area contributed by atoms with Crippen LogP contribution in [0.25, 0.3) is 0 Å². The van der Waals surface area contributed by atoms with E-state index in [0.717, 1.165) is 18.4 Å². The molecule has 0 saturated carbocycles. The van der Waals surface area contributed by atoms with E-state index in [9.17, 15) is 12.8 Å². The van der Waals surface area contributed by atoms with Crippen LogP contribution in [0, 0.1) is 17.3 Å². The molecule has 1 aromatic carbocycles. The molecule has 1 rings (SSSR count). The van der Waals surface area contributed by atoms with Gasteiger partial charge in [-0.3, -0.25) is 4.18 Å². The smallest absolute Gasteiger partial charge is 0.281 e. The minimum absolute atomic E-state index is 0.315. The van der Waals surface area contributed by atoms with Crippen LogP contribution in [0.4, 0.5) is 4.39 Å². The Hall–Kier alpha value is -1.65. The summed E-state index contributed by atoms with van der Waals surface area (Å²) in [6.07, 6.45) is 0.980. The Labute approximate surface area is 86.0 Å². The molecule has 0 aliphatic heterocycles. The summed E-state index contributed by atoms with van der Waals surface area (Å²) in [7, 11) is -4.29. The first-order valence-corrected chi connectivity index (χ1v) is 5.08. The Morgan fingerprint density at radius 3 is 2.47 bits per heavy atom. The van der Waals surface area contributed by atoms with Gasteiger partial charge in [0, 0.05) is 0 Å². The summed E-state index contributed by atoms with van der Waals surface area (Å²) in [5.74, 6) is -0.435. The molecular formula is C8H6FNO4S. The summed E-state index contributed by atoms with van der Waals surface area (Å²) >= 11 is 0. The summed E-state index contributed by atoms with van der Waals surface area (Å²) in [6, 6.07) is 5.04. The standard InChI is InChI=1S/C8H6FNO4S/c9-8-3-1-7(2-4-8)5-13-15(11,12)14-6-10/h1-4H,5H2. The van der Waals surface area contributed by atoms with E-state index in [0.29, 0.717) is 5.56 Å². The van der Waals surface area contributed by atoms with Gasteiger partial charge in [0.05, 0.1) is 6.61 Å². The Balaban J connectivity index is 2.59. The van der Waals surface area contributed by atoms with Gasteiger partial charge in [-0.25, -0.2) is 8.57 Å². The van der Waals surface area contributed by atoms with Crippen molar-refractivity contribution in [2.45, 2.75) is 6.61 Å². The largest absolute Gasteiger partial charge is 0.459 e. The van der Waals surface area contributed by atoms with Crippen molar-refractivity contribution in [1.29, 1.82) is 5.26 Å². The predicted octanol–water partition coefficient (Wildman–Crippen LogP) is 1.08. The highest BCUT2D eigenvalue weighted by Gasteiger charge is 2.11. The van der Waals surface area contributed by atoms with E-state index in [1.807, 2.05) is 0 Å². The average Bonchev–Trinajstić information content (AvgIpc) is 2.17. The summed E-state index contributed by atoms with van der Waals surface area (Å²) in [6.45, 7) is -0.315. The lowest BCUT2D eigenvalue weighted by molar-refractivity contribution is 0.255. The van der Waals surface area contributed by atoms with Gasteiger partial charge < -0.3 is 0 Å². The normalized spacial score (nSPS) is 10.7. The number of hydrogen-bond acceptors (Lipinski definition) is 5. The highest BCUT2D eigenvalue weighted by molar-refractivity contribution is 7.82. The fourth-order valence-corrected chi connectivity index (χ4v) is 1.21. The van der Waals surface area contributed by atoms with E-state index in [2.05, 4.69) is 8.37 Å². The molecule has 0 saturated heterocycles. The molecule has 0 N–H and O–H groups in total. The van der Waals surface area contributed by atoms with E-state index in [-0.39, 0.29) is 6.61 Å². The molecule has 1 aromatic rings.